The van der Waals surface area contributed by atoms with Gasteiger partial charge in [0.1, 0.15) is 5.69 Å². The number of nitrogens with zero attached hydrogens (tertiary/aromatic N) is 2. The van der Waals surface area contributed by atoms with Gasteiger partial charge >= 0.3 is 5.97 Å². The van der Waals surface area contributed by atoms with Gasteiger partial charge in [0, 0.05) is 26.2 Å². The summed E-state index contributed by atoms with van der Waals surface area (Å²) in [4.78, 5) is 25.8. The van der Waals surface area contributed by atoms with Crippen LogP contribution in [0.1, 0.15) is 23.8 Å². The topological polar surface area (TPSA) is 84.2 Å². The van der Waals surface area contributed by atoms with Crippen LogP contribution in [0, 0.1) is 5.92 Å². The first kappa shape index (κ1) is 12.2. The zero-order chi connectivity index (χ0) is 12.1. The molecule has 1 heterocycles. The van der Waals surface area contributed by atoms with E-state index in [0.29, 0.717) is 12.2 Å². The Kier molecular flexibility index (Phi) is 4.04. The molecule has 0 aliphatic rings. The molecule has 1 unspecified atom stereocenters. The Morgan fingerprint density at radius 1 is 1.62 bits per heavy atom. The van der Waals surface area contributed by atoms with Crippen LogP contribution in [0.15, 0.2) is 12.5 Å². The highest BCUT2D eigenvalue weighted by Gasteiger charge is 2.11. The second-order valence-corrected chi connectivity index (χ2v) is 3.84. The summed E-state index contributed by atoms with van der Waals surface area (Å²) in [6.45, 7) is 2.11. The predicted octanol–water partition coefficient (Wildman–Crippen LogP) is 0.261. The third-order valence-corrected chi connectivity index (χ3v) is 2.07. The van der Waals surface area contributed by atoms with Crippen LogP contribution in [-0.4, -0.2) is 33.1 Å². The van der Waals surface area contributed by atoms with Crippen LogP contribution >= 0.6 is 0 Å². The number of aryl methyl sites for hydroxylation is 1. The molecule has 0 radical (unpaired) electrons. The van der Waals surface area contributed by atoms with Crippen molar-refractivity contribution in [3.8, 4) is 0 Å². The summed E-state index contributed by atoms with van der Waals surface area (Å²) in [5.41, 5.74) is 0.338. The molecule has 0 spiro atoms. The molecular formula is C10H15N3O3. The molecule has 16 heavy (non-hydrogen) atoms. The number of carbonyl (C=O) groups excluding carboxylic acids is 1. The molecule has 2 N–H and O–H groups in total. The molecule has 0 saturated carbocycles. The van der Waals surface area contributed by atoms with Gasteiger partial charge in [0.15, 0.2) is 0 Å². The van der Waals surface area contributed by atoms with Gasteiger partial charge in [0.05, 0.1) is 6.33 Å². The Bertz CT molecular complexity index is 386. The lowest BCUT2D eigenvalue weighted by Gasteiger charge is -2.08. The molecule has 6 nitrogen and oxygen atoms in total. The minimum Gasteiger partial charge on any atom is -0.481 e. The lowest BCUT2D eigenvalue weighted by atomic mass is 10.1. The van der Waals surface area contributed by atoms with E-state index in [9.17, 15) is 9.59 Å². The molecule has 0 aliphatic carbocycles. The zero-order valence-corrected chi connectivity index (χ0v) is 9.30. The number of imidazole rings is 1. The van der Waals surface area contributed by atoms with Crippen LogP contribution in [-0.2, 0) is 11.8 Å². The van der Waals surface area contributed by atoms with Gasteiger partial charge in [-0.2, -0.15) is 0 Å². The monoisotopic (exact) mass is 225 g/mol. The Hall–Kier alpha value is -1.85. The van der Waals surface area contributed by atoms with Crippen LogP contribution < -0.4 is 5.32 Å². The molecule has 0 bridgehead atoms. The Morgan fingerprint density at radius 2 is 2.31 bits per heavy atom. The van der Waals surface area contributed by atoms with E-state index in [1.54, 1.807) is 24.7 Å². The number of aromatic nitrogens is 2. The van der Waals surface area contributed by atoms with E-state index in [-0.39, 0.29) is 18.2 Å². The maximum Gasteiger partial charge on any atom is 0.303 e. The van der Waals surface area contributed by atoms with Gasteiger partial charge in [-0.25, -0.2) is 4.98 Å². The quantitative estimate of drug-likeness (QED) is 0.752. The molecule has 88 valence electrons. The van der Waals surface area contributed by atoms with Crippen LogP contribution in [0.5, 0.6) is 0 Å². The maximum absolute atomic E-state index is 11.5. The number of amides is 1. The number of carboxylic acid groups (broad SMARTS) is 1. The van der Waals surface area contributed by atoms with Crippen molar-refractivity contribution < 1.29 is 14.7 Å². The van der Waals surface area contributed by atoms with Crippen LogP contribution in [0.3, 0.4) is 0 Å². The number of carboxylic acids is 1. The van der Waals surface area contributed by atoms with Crippen LogP contribution in [0.2, 0.25) is 0 Å². The van der Waals surface area contributed by atoms with Crippen LogP contribution in [0.25, 0.3) is 0 Å². The van der Waals surface area contributed by atoms with Crippen molar-refractivity contribution in [1.82, 2.24) is 14.9 Å². The molecule has 0 fully saturated rings. The number of aliphatic carboxylic acids is 1. The zero-order valence-electron chi connectivity index (χ0n) is 9.30. The third-order valence-electron chi connectivity index (χ3n) is 2.07. The second-order valence-electron chi connectivity index (χ2n) is 3.84. The summed E-state index contributed by atoms with van der Waals surface area (Å²) in [5.74, 6) is -1.23. The van der Waals surface area contributed by atoms with Crippen molar-refractivity contribution in [2.45, 2.75) is 13.3 Å². The van der Waals surface area contributed by atoms with Gasteiger partial charge in [-0.05, 0) is 5.92 Å². The fourth-order valence-corrected chi connectivity index (χ4v) is 1.26. The molecule has 6 heteroatoms. The average molecular weight is 225 g/mol. The first-order chi connectivity index (χ1) is 7.49. The van der Waals surface area contributed by atoms with Gasteiger partial charge in [-0.3, -0.25) is 9.59 Å². The summed E-state index contributed by atoms with van der Waals surface area (Å²) < 4.78 is 1.68. The van der Waals surface area contributed by atoms with Crippen molar-refractivity contribution in [3.05, 3.63) is 18.2 Å². The first-order valence-electron chi connectivity index (χ1n) is 4.97. The van der Waals surface area contributed by atoms with Gasteiger partial charge in [0.25, 0.3) is 5.91 Å². The Labute approximate surface area is 93.3 Å². The van der Waals surface area contributed by atoms with E-state index in [1.165, 1.54) is 6.33 Å². The van der Waals surface area contributed by atoms with E-state index in [1.807, 2.05) is 0 Å². The molecule has 0 aliphatic heterocycles. The SMILES string of the molecule is CC(CNC(=O)c1cn(C)cn1)CC(=O)O. The van der Waals surface area contributed by atoms with Crippen molar-refractivity contribution >= 4 is 11.9 Å². The lowest BCUT2D eigenvalue weighted by molar-refractivity contribution is -0.137. The van der Waals surface area contributed by atoms with Gasteiger partial charge in [-0.1, -0.05) is 6.92 Å². The van der Waals surface area contributed by atoms with E-state index in [2.05, 4.69) is 10.3 Å². The van der Waals surface area contributed by atoms with Gasteiger partial charge in [-0.15, -0.1) is 0 Å². The highest BCUT2D eigenvalue weighted by atomic mass is 16.4. The number of hydrogen-bond acceptors (Lipinski definition) is 3. The fraction of sp³-hybridized carbons (Fsp3) is 0.500. The molecule has 1 amide bonds. The normalized spacial score (nSPS) is 12.1. The minimum atomic E-state index is -0.861. The minimum absolute atomic E-state index is 0.0441. The highest BCUT2D eigenvalue weighted by molar-refractivity contribution is 5.92. The standard InChI is InChI=1S/C10H15N3O3/c1-7(3-9(14)15)4-11-10(16)8-5-13(2)6-12-8/h5-7H,3-4H2,1-2H3,(H,11,16)(H,14,15). The maximum atomic E-state index is 11.5. The number of carbonyl (C=O) groups is 2. The highest BCUT2D eigenvalue weighted by Crippen LogP contribution is 2.00. The third kappa shape index (κ3) is 3.72. The lowest BCUT2D eigenvalue weighted by Crippen LogP contribution is -2.29. The molecular weight excluding hydrogens is 210 g/mol. The van der Waals surface area contributed by atoms with Gasteiger partial charge < -0.3 is 15.0 Å². The first-order valence-corrected chi connectivity index (χ1v) is 4.97. The average Bonchev–Trinajstić information content (AvgIpc) is 2.60. The summed E-state index contributed by atoms with van der Waals surface area (Å²) in [6.07, 6.45) is 3.19. The van der Waals surface area contributed by atoms with E-state index in [4.69, 9.17) is 5.11 Å². The Balaban J connectivity index is 2.38. The van der Waals surface area contributed by atoms with E-state index >= 15 is 0 Å². The summed E-state index contributed by atoms with van der Waals surface area (Å²) >= 11 is 0. The largest absolute Gasteiger partial charge is 0.481 e. The van der Waals surface area contributed by atoms with E-state index < -0.39 is 5.97 Å². The smallest absolute Gasteiger partial charge is 0.303 e. The molecule has 1 aromatic heterocycles. The molecule has 0 saturated heterocycles. The molecule has 1 aromatic rings. The van der Waals surface area contributed by atoms with Crippen molar-refractivity contribution in [2.75, 3.05) is 6.54 Å². The van der Waals surface area contributed by atoms with Crippen LogP contribution in [0.4, 0.5) is 0 Å². The summed E-state index contributed by atoms with van der Waals surface area (Å²) in [5, 5.41) is 11.2. The molecule has 1 atom stereocenters. The number of nitrogens with one attached hydrogen (secondary N) is 1. The predicted molar refractivity (Wildman–Crippen MR) is 57.0 cm³/mol. The summed E-state index contributed by atoms with van der Waals surface area (Å²) in [6, 6.07) is 0. The van der Waals surface area contributed by atoms with Crippen molar-refractivity contribution in [3.63, 3.8) is 0 Å². The number of rotatable bonds is 5. The van der Waals surface area contributed by atoms with Crippen molar-refractivity contribution in [1.29, 1.82) is 0 Å². The fourth-order valence-electron chi connectivity index (χ4n) is 1.26. The Morgan fingerprint density at radius 3 is 2.81 bits per heavy atom. The number of hydrogen-bond donors (Lipinski definition) is 2. The molecule has 1 rings (SSSR count). The van der Waals surface area contributed by atoms with E-state index in [0.717, 1.165) is 0 Å². The second kappa shape index (κ2) is 5.29. The van der Waals surface area contributed by atoms with Gasteiger partial charge in [0.2, 0.25) is 0 Å². The summed E-state index contributed by atoms with van der Waals surface area (Å²) in [7, 11) is 1.77. The molecule has 0 aromatic carbocycles. The van der Waals surface area contributed by atoms with Crippen molar-refractivity contribution in [2.24, 2.45) is 13.0 Å².